The summed E-state index contributed by atoms with van der Waals surface area (Å²) in [7, 11) is 0. The summed E-state index contributed by atoms with van der Waals surface area (Å²) in [5.41, 5.74) is 2.84. The number of carbonyl (C=O) groups excluding carboxylic acids is 1. The van der Waals surface area contributed by atoms with E-state index in [9.17, 15) is 9.90 Å². The van der Waals surface area contributed by atoms with Gasteiger partial charge in [0.25, 0.3) is 5.91 Å². The first kappa shape index (κ1) is 20.8. The minimum absolute atomic E-state index is 0.00814. The number of fused-ring (bicyclic) bond motifs is 1. The molecule has 0 spiro atoms. The first-order chi connectivity index (χ1) is 15.7. The van der Waals surface area contributed by atoms with E-state index in [1.165, 1.54) is 12.8 Å². The molecule has 2 heterocycles. The largest absolute Gasteiger partial charge is 0.459 e. The quantitative estimate of drug-likeness (QED) is 0.659. The fraction of sp³-hybridized carbons (Fsp3) is 0.400. The summed E-state index contributed by atoms with van der Waals surface area (Å²) in [5.74, 6) is 2.06. The second-order valence-electron chi connectivity index (χ2n) is 8.47. The fourth-order valence-electron chi connectivity index (χ4n) is 3.87. The van der Waals surface area contributed by atoms with Crippen molar-refractivity contribution >= 4 is 5.91 Å². The Labute approximate surface area is 186 Å². The monoisotopic (exact) mass is 437 g/mol. The second-order valence-corrected chi connectivity index (χ2v) is 8.47. The highest BCUT2D eigenvalue weighted by Crippen LogP contribution is 2.38. The summed E-state index contributed by atoms with van der Waals surface area (Å²) in [5, 5.41) is 12.2. The van der Waals surface area contributed by atoms with Crippen LogP contribution in [0.2, 0.25) is 0 Å². The summed E-state index contributed by atoms with van der Waals surface area (Å²) in [4.78, 5) is 12.8. The van der Waals surface area contributed by atoms with Crippen molar-refractivity contribution in [2.45, 2.75) is 44.7 Å². The number of nitrogens with one attached hydrogen (secondary N) is 1. The van der Waals surface area contributed by atoms with Gasteiger partial charge in [-0.3, -0.25) is 4.79 Å². The third-order valence-electron chi connectivity index (χ3n) is 6.00. The molecule has 32 heavy (non-hydrogen) atoms. The van der Waals surface area contributed by atoms with E-state index < -0.39 is 6.29 Å². The van der Waals surface area contributed by atoms with Gasteiger partial charge in [0.05, 0.1) is 13.2 Å². The molecule has 0 bridgehead atoms. The highest BCUT2D eigenvalue weighted by molar-refractivity contribution is 5.91. The van der Waals surface area contributed by atoms with Gasteiger partial charge in [0.1, 0.15) is 0 Å². The van der Waals surface area contributed by atoms with E-state index in [1.807, 2.05) is 48.5 Å². The van der Waals surface area contributed by atoms with Gasteiger partial charge >= 0.3 is 0 Å². The zero-order chi connectivity index (χ0) is 21.9. The van der Waals surface area contributed by atoms with E-state index in [1.54, 1.807) is 0 Å². The summed E-state index contributed by atoms with van der Waals surface area (Å²) in [6.45, 7) is 1.25. The van der Waals surface area contributed by atoms with Gasteiger partial charge in [-0.05, 0) is 53.7 Å². The van der Waals surface area contributed by atoms with Gasteiger partial charge in [0.2, 0.25) is 13.1 Å². The van der Waals surface area contributed by atoms with Crippen LogP contribution in [0.3, 0.4) is 0 Å². The molecule has 1 aliphatic carbocycles. The minimum atomic E-state index is -0.561. The molecule has 1 fully saturated rings. The van der Waals surface area contributed by atoms with Crippen molar-refractivity contribution in [2.24, 2.45) is 5.92 Å². The van der Waals surface area contributed by atoms with Gasteiger partial charge in [-0.1, -0.05) is 30.3 Å². The van der Waals surface area contributed by atoms with E-state index in [-0.39, 0.29) is 25.2 Å². The average molecular weight is 437 g/mol. The number of amides is 1. The maximum absolute atomic E-state index is 12.8. The molecule has 2 aromatic carbocycles. The lowest BCUT2D eigenvalue weighted by Gasteiger charge is -2.29. The minimum Gasteiger partial charge on any atom is -0.459 e. The predicted octanol–water partition coefficient (Wildman–Crippen LogP) is 3.36. The number of carbonyl (C=O) groups is 1. The van der Waals surface area contributed by atoms with Crippen molar-refractivity contribution in [1.82, 2.24) is 5.32 Å². The normalized spacial score (nSPS) is 21.6. The van der Waals surface area contributed by atoms with Crippen LogP contribution in [0.15, 0.2) is 54.3 Å². The van der Waals surface area contributed by atoms with Crippen molar-refractivity contribution in [1.29, 1.82) is 0 Å². The molecule has 0 saturated heterocycles. The number of aliphatic hydroxyl groups is 1. The van der Waals surface area contributed by atoms with Crippen molar-refractivity contribution in [3.8, 4) is 11.5 Å². The first-order valence-corrected chi connectivity index (χ1v) is 11.0. The summed E-state index contributed by atoms with van der Waals surface area (Å²) >= 11 is 0. The molecule has 168 valence electrons. The Bertz CT molecular complexity index is 998. The van der Waals surface area contributed by atoms with Gasteiger partial charge in [0, 0.05) is 18.9 Å². The van der Waals surface area contributed by atoms with E-state index in [4.69, 9.17) is 18.9 Å². The Morgan fingerprint density at radius 1 is 1.06 bits per heavy atom. The number of ether oxygens (including phenoxy) is 4. The zero-order valence-electron chi connectivity index (χ0n) is 17.8. The third-order valence-corrected chi connectivity index (χ3v) is 6.00. The van der Waals surface area contributed by atoms with E-state index >= 15 is 0 Å². The predicted molar refractivity (Wildman–Crippen MR) is 116 cm³/mol. The third kappa shape index (κ3) is 4.89. The number of hydrogen-bond donors (Lipinski definition) is 2. The fourth-order valence-corrected chi connectivity index (χ4v) is 3.87. The Morgan fingerprint density at radius 3 is 2.62 bits per heavy atom. The lowest BCUT2D eigenvalue weighted by Crippen LogP contribution is -2.33. The molecule has 2 aliphatic heterocycles. The highest BCUT2D eigenvalue weighted by Gasteiger charge is 2.31. The molecule has 1 amide bonds. The van der Waals surface area contributed by atoms with Crippen LogP contribution >= 0.6 is 0 Å². The zero-order valence-corrected chi connectivity index (χ0v) is 17.8. The molecule has 1 saturated carbocycles. The number of benzene rings is 2. The SMILES string of the molecule is O=C(NCC1CC1)C1=C[C@H](c2ccc3c(c2)OCO3)C[C@H](OCc2ccc(CO)cc2)O1. The number of hydrogen-bond acceptors (Lipinski definition) is 6. The van der Waals surface area contributed by atoms with Crippen molar-refractivity contribution in [3.05, 3.63) is 71.0 Å². The van der Waals surface area contributed by atoms with Crippen LogP contribution in [0.5, 0.6) is 11.5 Å². The van der Waals surface area contributed by atoms with Crippen LogP contribution in [0, 0.1) is 5.92 Å². The second kappa shape index (κ2) is 9.22. The Kier molecular flexibility index (Phi) is 6.01. The topological polar surface area (TPSA) is 86.3 Å². The van der Waals surface area contributed by atoms with Crippen molar-refractivity contribution < 1.29 is 28.8 Å². The summed E-state index contributed by atoms with van der Waals surface area (Å²) < 4.78 is 22.9. The Morgan fingerprint density at radius 2 is 1.84 bits per heavy atom. The van der Waals surface area contributed by atoms with E-state index in [0.717, 1.165) is 22.4 Å². The smallest absolute Gasteiger partial charge is 0.286 e. The van der Waals surface area contributed by atoms with Crippen LogP contribution in [0.1, 0.15) is 41.9 Å². The summed E-state index contributed by atoms with van der Waals surface area (Å²) in [6.07, 6.45) is 4.22. The molecular formula is C25H27NO6. The lowest BCUT2D eigenvalue weighted by atomic mass is 9.92. The lowest BCUT2D eigenvalue weighted by molar-refractivity contribution is -0.150. The van der Waals surface area contributed by atoms with E-state index in [0.29, 0.717) is 37.0 Å². The molecule has 0 aromatic heterocycles. The van der Waals surface area contributed by atoms with Crippen LogP contribution in [0.4, 0.5) is 0 Å². The molecule has 0 radical (unpaired) electrons. The first-order valence-electron chi connectivity index (χ1n) is 11.0. The molecule has 5 rings (SSSR count). The molecule has 7 heteroatoms. The van der Waals surface area contributed by atoms with Crippen LogP contribution < -0.4 is 14.8 Å². The molecule has 2 aromatic rings. The molecule has 2 atom stereocenters. The van der Waals surface area contributed by atoms with Crippen molar-refractivity contribution in [2.75, 3.05) is 13.3 Å². The standard InChI is InChI=1S/C25H27NO6/c27-13-17-3-5-18(6-4-17)14-29-24-11-20(19-7-8-21-22(9-19)31-15-30-21)10-23(32-24)25(28)26-12-16-1-2-16/h3-10,16,20,24,27H,1-2,11-15H2,(H,26,28)/t20-,24+/m0/s1. The number of allylic oxidation sites excluding steroid dienone is 1. The maximum atomic E-state index is 12.8. The van der Waals surface area contributed by atoms with Crippen LogP contribution in [-0.2, 0) is 27.5 Å². The Balaban J connectivity index is 1.31. The molecule has 7 nitrogen and oxygen atoms in total. The molecule has 3 aliphatic rings. The number of aliphatic hydroxyl groups excluding tert-OH is 1. The molecule has 0 unspecified atom stereocenters. The highest BCUT2D eigenvalue weighted by atomic mass is 16.7. The maximum Gasteiger partial charge on any atom is 0.286 e. The van der Waals surface area contributed by atoms with E-state index in [2.05, 4.69) is 5.32 Å². The van der Waals surface area contributed by atoms with Gasteiger partial charge in [-0.15, -0.1) is 0 Å². The Hall–Kier alpha value is -3.03. The molecular weight excluding hydrogens is 410 g/mol. The average Bonchev–Trinajstić information content (AvgIpc) is 3.55. The van der Waals surface area contributed by atoms with Crippen LogP contribution in [-0.4, -0.2) is 30.6 Å². The summed E-state index contributed by atoms with van der Waals surface area (Å²) in [6, 6.07) is 13.4. The number of rotatable bonds is 8. The van der Waals surface area contributed by atoms with Crippen molar-refractivity contribution in [3.63, 3.8) is 0 Å². The van der Waals surface area contributed by atoms with Gasteiger partial charge < -0.3 is 29.4 Å². The van der Waals surface area contributed by atoms with Gasteiger partial charge in [-0.2, -0.15) is 0 Å². The molecule has 2 N–H and O–H groups in total. The van der Waals surface area contributed by atoms with Gasteiger partial charge in [0.15, 0.2) is 17.3 Å². The van der Waals surface area contributed by atoms with Gasteiger partial charge in [-0.25, -0.2) is 0 Å². The van der Waals surface area contributed by atoms with Crippen LogP contribution in [0.25, 0.3) is 0 Å².